The lowest BCUT2D eigenvalue weighted by molar-refractivity contribution is 1.02. The number of benzene rings is 1. The SMILES string of the molecule is Cc1c(Cl)ccc2sc(NCCN)nc12. The highest BCUT2D eigenvalue weighted by atomic mass is 35.5. The molecule has 0 aliphatic heterocycles. The van der Waals surface area contributed by atoms with Crippen molar-refractivity contribution in [2.45, 2.75) is 6.92 Å². The molecule has 0 saturated carbocycles. The second kappa shape index (κ2) is 4.35. The van der Waals surface area contributed by atoms with E-state index in [0.29, 0.717) is 6.54 Å². The molecule has 80 valence electrons. The summed E-state index contributed by atoms with van der Waals surface area (Å²) in [7, 11) is 0. The maximum atomic E-state index is 6.03. The molecule has 0 aliphatic carbocycles. The molecule has 2 rings (SSSR count). The van der Waals surface area contributed by atoms with Crippen molar-refractivity contribution in [3.05, 3.63) is 22.7 Å². The van der Waals surface area contributed by atoms with Crippen molar-refractivity contribution in [1.82, 2.24) is 4.98 Å². The molecule has 0 spiro atoms. The number of rotatable bonds is 3. The second-order valence-electron chi connectivity index (χ2n) is 3.25. The minimum Gasteiger partial charge on any atom is -0.360 e. The molecule has 3 N–H and O–H groups in total. The van der Waals surface area contributed by atoms with Crippen molar-refractivity contribution in [3.63, 3.8) is 0 Å². The predicted molar refractivity (Wildman–Crippen MR) is 66.9 cm³/mol. The predicted octanol–water partition coefficient (Wildman–Crippen LogP) is 2.63. The Bertz CT molecular complexity index is 481. The molecule has 0 saturated heterocycles. The Labute approximate surface area is 97.3 Å². The van der Waals surface area contributed by atoms with Crippen LogP contribution < -0.4 is 11.1 Å². The summed E-state index contributed by atoms with van der Waals surface area (Å²) in [6, 6.07) is 3.90. The Balaban J connectivity index is 2.42. The third-order valence-electron chi connectivity index (χ3n) is 2.17. The molecule has 0 bridgehead atoms. The first-order valence-corrected chi connectivity index (χ1v) is 5.91. The number of nitrogens with zero attached hydrogens (tertiary/aromatic N) is 1. The van der Waals surface area contributed by atoms with Crippen LogP contribution in [0.3, 0.4) is 0 Å². The van der Waals surface area contributed by atoms with Crippen LogP contribution >= 0.6 is 22.9 Å². The number of halogens is 1. The lowest BCUT2D eigenvalue weighted by Crippen LogP contribution is -2.12. The normalized spacial score (nSPS) is 10.9. The lowest BCUT2D eigenvalue weighted by Gasteiger charge is -1.97. The zero-order chi connectivity index (χ0) is 10.8. The quantitative estimate of drug-likeness (QED) is 0.869. The Kier molecular flexibility index (Phi) is 3.09. The summed E-state index contributed by atoms with van der Waals surface area (Å²) in [5.74, 6) is 0. The summed E-state index contributed by atoms with van der Waals surface area (Å²) in [6.45, 7) is 3.33. The van der Waals surface area contributed by atoms with Gasteiger partial charge in [0, 0.05) is 18.1 Å². The number of anilines is 1. The third kappa shape index (κ3) is 2.07. The number of aromatic nitrogens is 1. The van der Waals surface area contributed by atoms with E-state index in [9.17, 15) is 0 Å². The highest BCUT2D eigenvalue weighted by Crippen LogP contribution is 2.31. The van der Waals surface area contributed by atoms with Crippen molar-refractivity contribution in [2.24, 2.45) is 5.73 Å². The molecule has 0 aliphatic rings. The van der Waals surface area contributed by atoms with E-state index < -0.39 is 0 Å². The van der Waals surface area contributed by atoms with Crippen LogP contribution in [0.25, 0.3) is 10.2 Å². The van der Waals surface area contributed by atoms with Gasteiger partial charge in [-0.15, -0.1) is 0 Å². The molecule has 1 aromatic carbocycles. The number of hydrogen-bond donors (Lipinski definition) is 2. The van der Waals surface area contributed by atoms with Gasteiger partial charge in [0.1, 0.15) is 0 Å². The highest BCUT2D eigenvalue weighted by Gasteiger charge is 2.07. The van der Waals surface area contributed by atoms with Crippen molar-refractivity contribution in [3.8, 4) is 0 Å². The number of hydrogen-bond acceptors (Lipinski definition) is 4. The van der Waals surface area contributed by atoms with Crippen molar-refractivity contribution in [1.29, 1.82) is 0 Å². The molecule has 15 heavy (non-hydrogen) atoms. The van der Waals surface area contributed by atoms with Crippen LogP contribution in [0, 0.1) is 6.92 Å². The number of fused-ring (bicyclic) bond motifs is 1. The lowest BCUT2D eigenvalue weighted by atomic mass is 10.2. The summed E-state index contributed by atoms with van der Waals surface area (Å²) in [5.41, 5.74) is 7.43. The number of nitrogens with two attached hydrogens (primary N) is 1. The number of nitrogens with one attached hydrogen (secondary N) is 1. The van der Waals surface area contributed by atoms with Gasteiger partial charge in [0.2, 0.25) is 0 Å². The summed E-state index contributed by atoms with van der Waals surface area (Å²) >= 11 is 7.65. The Morgan fingerprint density at radius 3 is 3.07 bits per heavy atom. The van der Waals surface area contributed by atoms with E-state index in [2.05, 4.69) is 10.3 Å². The van der Waals surface area contributed by atoms with Gasteiger partial charge in [-0.05, 0) is 24.6 Å². The van der Waals surface area contributed by atoms with Crippen LogP contribution in [-0.2, 0) is 0 Å². The molecule has 3 nitrogen and oxygen atoms in total. The van der Waals surface area contributed by atoms with E-state index in [1.54, 1.807) is 11.3 Å². The minimum atomic E-state index is 0.607. The zero-order valence-electron chi connectivity index (χ0n) is 8.38. The fraction of sp³-hybridized carbons (Fsp3) is 0.300. The van der Waals surface area contributed by atoms with Gasteiger partial charge in [-0.3, -0.25) is 0 Å². The average Bonchev–Trinajstić information content (AvgIpc) is 2.64. The molecule has 0 unspecified atom stereocenters. The fourth-order valence-corrected chi connectivity index (χ4v) is 2.46. The molecule has 5 heteroatoms. The monoisotopic (exact) mass is 241 g/mol. The molecule has 0 amide bonds. The zero-order valence-corrected chi connectivity index (χ0v) is 9.95. The van der Waals surface area contributed by atoms with E-state index in [1.807, 2.05) is 19.1 Å². The number of thiazole rings is 1. The minimum absolute atomic E-state index is 0.607. The van der Waals surface area contributed by atoms with Crippen LogP contribution in [0.1, 0.15) is 5.56 Å². The van der Waals surface area contributed by atoms with Gasteiger partial charge in [-0.2, -0.15) is 0 Å². The van der Waals surface area contributed by atoms with Gasteiger partial charge in [0.05, 0.1) is 10.2 Å². The topological polar surface area (TPSA) is 50.9 Å². The van der Waals surface area contributed by atoms with E-state index in [-0.39, 0.29) is 0 Å². The molecule has 1 aromatic heterocycles. The van der Waals surface area contributed by atoms with Crippen LogP contribution in [-0.4, -0.2) is 18.1 Å². The molecular weight excluding hydrogens is 230 g/mol. The Morgan fingerprint density at radius 1 is 1.53 bits per heavy atom. The maximum absolute atomic E-state index is 6.03. The van der Waals surface area contributed by atoms with Gasteiger partial charge in [0.25, 0.3) is 0 Å². The smallest absolute Gasteiger partial charge is 0.183 e. The number of aryl methyl sites for hydroxylation is 1. The van der Waals surface area contributed by atoms with Crippen molar-refractivity contribution >= 4 is 38.3 Å². The van der Waals surface area contributed by atoms with Gasteiger partial charge in [-0.25, -0.2) is 4.98 Å². The first kappa shape index (κ1) is 10.7. The van der Waals surface area contributed by atoms with Gasteiger partial charge in [0.15, 0.2) is 5.13 Å². The van der Waals surface area contributed by atoms with Gasteiger partial charge in [-0.1, -0.05) is 22.9 Å². The fourth-order valence-electron chi connectivity index (χ4n) is 1.36. The summed E-state index contributed by atoms with van der Waals surface area (Å²) in [5, 5.41) is 4.84. The first-order valence-electron chi connectivity index (χ1n) is 4.72. The van der Waals surface area contributed by atoms with Crippen molar-refractivity contribution < 1.29 is 0 Å². The Morgan fingerprint density at radius 2 is 2.33 bits per heavy atom. The van der Waals surface area contributed by atoms with Gasteiger partial charge < -0.3 is 11.1 Å². The largest absolute Gasteiger partial charge is 0.360 e. The molecule has 0 fully saturated rings. The van der Waals surface area contributed by atoms with Crippen LogP contribution in [0.15, 0.2) is 12.1 Å². The first-order chi connectivity index (χ1) is 7.22. The summed E-state index contributed by atoms with van der Waals surface area (Å²) in [6.07, 6.45) is 0. The van der Waals surface area contributed by atoms with Gasteiger partial charge >= 0.3 is 0 Å². The van der Waals surface area contributed by atoms with Crippen LogP contribution in [0.5, 0.6) is 0 Å². The van der Waals surface area contributed by atoms with E-state index in [1.165, 1.54) is 0 Å². The second-order valence-corrected chi connectivity index (χ2v) is 4.69. The third-order valence-corrected chi connectivity index (χ3v) is 3.56. The highest BCUT2D eigenvalue weighted by molar-refractivity contribution is 7.22. The molecular formula is C10H12ClN3S. The molecule has 0 atom stereocenters. The van der Waals surface area contributed by atoms with Crippen LogP contribution in [0.4, 0.5) is 5.13 Å². The Hall–Kier alpha value is -0.840. The summed E-state index contributed by atoms with van der Waals surface area (Å²) < 4.78 is 1.15. The average molecular weight is 242 g/mol. The summed E-state index contributed by atoms with van der Waals surface area (Å²) in [4.78, 5) is 4.48. The molecule has 0 radical (unpaired) electrons. The van der Waals surface area contributed by atoms with Crippen LogP contribution in [0.2, 0.25) is 5.02 Å². The molecule has 1 heterocycles. The van der Waals surface area contributed by atoms with Crippen molar-refractivity contribution in [2.75, 3.05) is 18.4 Å². The van der Waals surface area contributed by atoms with E-state index in [4.69, 9.17) is 17.3 Å². The van der Waals surface area contributed by atoms with E-state index in [0.717, 1.165) is 32.5 Å². The standard InChI is InChI=1S/C10H12ClN3S/c1-6-7(11)2-3-8-9(6)14-10(15-8)13-5-4-12/h2-3H,4-5,12H2,1H3,(H,13,14). The maximum Gasteiger partial charge on any atom is 0.183 e. The van der Waals surface area contributed by atoms with E-state index >= 15 is 0 Å². The molecule has 2 aromatic rings.